The van der Waals surface area contributed by atoms with Crippen molar-refractivity contribution in [2.24, 2.45) is 0 Å². The fourth-order valence-corrected chi connectivity index (χ4v) is 2.34. The van der Waals surface area contributed by atoms with Crippen LogP contribution in [0.4, 0.5) is 0 Å². The second kappa shape index (κ2) is 5.47. The third kappa shape index (κ3) is 3.80. The SMILES string of the molecule is CC1CCCC(C)N1CC(O)CC(=O)O. The maximum atomic E-state index is 10.4. The van der Waals surface area contributed by atoms with Crippen LogP contribution in [0, 0.1) is 0 Å². The molecule has 1 saturated heterocycles. The maximum Gasteiger partial charge on any atom is 0.306 e. The van der Waals surface area contributed by atoms with Gasteiger partial charge in [0.25, 0.3) is 0 Å². The minimum absolute atomic E-state index is 0.157. The van der Waals surface area contributed by atoms with Gasteiger partial charge in [-0.15, -0.1) is 0 Å². The number of carboxylic acid groups (broad SMARTS) is 1. The van der Waals surface area contributed by atoms with E-state index in [2.05, 4.69) is 18.7 Å². The van der Waals surface area contributed by atoms with E-state index in [4.69, 9.17) is 5.11 Å². The van der Waals surface area contributed by atoms with Crippen LogP contribution in [0.25, 0.3) is 0 Å². The minimum Gasteiger partial charge on any atom is -0.481 e. The Labute approximate surface area is 90.9 Å². The zero-order valence-electron chi connectivity index (χ0n) is 9.52. The Bertz CT molecular complexity index is 210. The van der Waals surface area contributed by atoms with Gasteiger partial charge in [0.05, 0.1) is 12.5 Å². The summed E-state index contributed by atoms with van der Waals surface area (Å²) in [6.45, 7) is 4.76. The van der Waals surface area contributed by atoms with Gasteiger partial charge in [0.1, 0.15) is 0 Å². The van der Waals surface area contributed by atoms with Gasteiger partial charge < -0.3 is 10.2 Å². The lowest BCUT2D eigenvalue weighted by Gasteiger charge is -2.39. The molecule has 15 heavy (non-hydrogen) atoms. The van der Waals surface area contributed by atoms with Gasteiger partial charge in [-0.3, -0.25) is 9.69 Å². The molecule has 3 atom stereocenters. The molecule has 88 valence electrons. The Balaban J connectivity index is 2.43. The molecule has 2 N–H and O–H groups in total. The molecular formula is C11H21NO3. The summed E-state index contributed by atoms with van der Waals surface area (Å²) in [7, 11) is 0. The van der Waals surface area contributed by atoms with Crippen LogP contribution in [0.1, 0.15) is 39.5 Å². The lowest BCUT2D eigenvalue weighted by molar-refractivity contribution is -0.139. The Morgan fingerprint density at radius 2 is 1.93 bits per heavy atom. The molecule has 0 bridgehead atoms. The Kier molecular flexibility index (Phi) is 4.54. The summed E-state index contributed by atoms with van der Waals surface area (Å²) in [5.41, 5.74) is 0. The number of β-amino-alcohol motifs (C(OH)–C–C–N with tert-alkyl or cyclic N) is 1. The number of rotatable bonds is 4. The highest BCUT2D eigenvalue weighted by Gasteiger charge is 2.26. The predicted octanol–water partition coefficient (Wildman–Crippen LogP) is 1.08. The lowest BCUT2D eigenvalue weighted by Crippen LogP contribution is -2.47. The van der Waals surface area contributed by atoms with Gasteiger partial charge in [0.2, 0.25) is 0 Å². The molecule has 0 aromatic rings. The van der Waals surface area contributed by atoms with Crippen molar-refractivity contribution in [1.29, 1.82) is 0 Å². The largest absolute Gasteiger partial charge is 0.481 e. The number of hydrogen-bond donors (Lipinski definition) is 2. The van der Waals surface area contributed by atoms with Crippen molar-refractivity contribution in [2.45, 2.75) is 57.7 Å². The molecule has 1 heterocycles. The molecule has 1 aliphatic rings. The third-order valence-electron chi connectivity index (χ3n) is 3.21. The number of aliphatic hydroxyl groups is 1. The van der Waals surface area contributed by atoms with Gasteiger partial charge in [-0.2, -0.15) is 0 Å². The third-order valence-corrected chi connectivity index (χ3v) is 3.21. The first-order valence-corrected chi connectivity index (χ1v) is 5.66. The Morgan fingerprint density at radius 3 is 2.40 bits per heavy atom. The van der Waals surface area contributed by atoms with E-state index in [-0.39, 0.29) is 6.42 Å². The number of aliphatic hydroxyl groups excluding tert-OH is 1. The van der Waals surface area contributed by atoms with Crippen LogP contribution in [0.3, 0.4) is 0 Å². The molecule has 4 nitrogen and oxygen atoms in total. The average Bonchev–Trinajstić information content (AvgIpc) is 2.10. The summed E-state index contributed by atoms with van der Waals surface area (Å²) < 4.78 is 0. The van der Waals surface area contributed by atoms with E-state index in [9.17, 15) is 9.90 Å². The van der Waals surface area contributed by atoms with E-state index in [0.717, 1.165) is 12.8 Å². The zero-order valence-corrected chi connectivity index (χ0v) is 9.52. The van der Waals surface area contributed by atoms with Crippen molar-refractivity contribution < 1.29 is 15.0 Å². The van der Waals surface area contributed by atoms with E-state index in [1.807, 2.05) is 0 Å². The summed E-state index contributed by atoms with van der Waals surface area (Å²) in [5, 5.41) is 18.2. The summed E-state index contributed by atoms with van der Waals surface area (Å²) in [5.74, 6) is -0.931. The van der Waals surface area contributed by atoms with Crippen LogP contribution in [-0.4, -0.2) is 45.8 Å². The van der Waals surface area contributed by atoms with Crippen molar-refractivity contribution in [3.05, 3.63) is 0 Å². The van der Waals surface area contributed by atoms with Crippen molar-refractivity contribution in [2.75, 3.05) is 6.54 Å². The molecule has 0 saturated carbocycles. The summed E-state index contributed by atoms with van der Waals surface area (Å²) in [6.07, 6.45) is 2.61. The van der Waals surface area contributed by atoms with Crippen LogP contribution in [-0.2, 0) is 4.79 Å². The first kappa shape index (κ1) is 12.5. The molecule has 0 spiro atoms. The van der Waals surface area contributed by atoms with Gasteiger partial charge in [-0.1, -0.05) is 6.42 Å². The number of carbonyl (C=O) groups is 1. The molecule has 0 radical (unpaired) electrons. The molecule has 0 aliphatic carbocycles. The molecule has 1 rings (SSSR count). The number of carboxylic acids is 1. The number of nitrogens with zero attached hydrogens (tertiary/aromatic N) is 1. The zero-order chi connectivity index (χ0) is 11.4. The van der Waals surface area contributed by atoms with Gasteiger partial charge in [-0.05, 0) is 26.7 Å². The highest BCUT2D eigenvalue weighted by atomic mass is 16.4. The van der Waals surface area contributed by atoms with Crippen LogP contribution >= 0.6 is 0 Å². The molecule has 0 aromatic carbocycles. The molecular weight excluding hydrogens is 194 g/mol. The highest BCUT2D eigenvalue weighted by molar-refractivity contribution is 5.67. The van der Waals surface area contributed by atoms with Crippen LogP contribution in [0.5, 0.6) is 0 Å². The second-order valence-electron chi connectivity index (χ2n) is 4.58. The van der Waals surface area contributed by atoms with Gasteiger partial charge in [0, 0.05) is 18.6 Å². The van der Waals surface area contributed by atoms with E-state index in [1.54, 1.807) is 0 Å². The normalized spacial score (nSPS) is 30.1. The first-order valence-electron chi connectivity index (χ1n) is 5.66. The first-order chi connectivity index (χ1) is 7.00. The van der Waals surface area contributed by atoms with E-state index >= 15 is 0 Å². The van der Waals surface area contributed by atoms with E-state index in [0.29, 0.717) is 18.6 Å². The number of aliphatic carboxylic acids is 1. The van der Waals surface area contributed by atoms with E-state index in [1.165, 1.54) is 6.42 Å². The van der Waals surface area contributed by atoms with Crippen LogP contribution in [0.15, 0.2) is 0 Å². The topological polar surface area (TPSA) is 60.8 Å². The number of hydrogen-bond acceptors (Lipinski definition) is 3. The fraction of sp³-hybridized carbons (Fsp3) is 0.909. The summed E-state index contributed by atoms with van der Waals surface area (Å²) in [4.78, 5) is 12.7. The van der Waals surface area contributed by atoms with Crippen molar-refractivity contribution in [3.8, 4) is 0 Å². The standard InChI is InChI=1S/C11H21NO3/c1-8-4-3-5-9(2)12(8)7-10(13)6-11(14)15/h8-10,13H,3-7H2,1-2H3,(H,14,15). The monoisotopic (exact) mass is 215 g/mol. The van der Waals surface area contributed by atoms with Gasteiger partial charge in [0.15, 0.2) is 0 Å². The molecule has 1 fully saturated rings. The summed E-state index contributed by atoms with van der Waals surface area (Å²) >= 11 is 0. The molecule has 0 aromatic heterocycles. The highest BCUT2D eigenvalue weighted by Crippen LogP contribution is 2.22. The van der Waals surface area contributed by atoms with Gasteiger partial charge >= 0.3 is 5.97 Å². The average molecular weight is 215 g/mol. The van der Waals surface area contributed by atoms with Crippen LogP contribution in [0.2, 0.25) is 0 Å². The number of likely N-dealkylation sites (tertiary alicyclic amines) is 1. The fourth-order valence-electron chi connectivity index (χ4n) is 2.34. The molecule has 0 amide bonds. The summed E-state index contributed by atoms with van der Waals surface area (Å²) in [6, 6.07) is 0.911. The second-order valence-corrected chi connectivity index (χ2v) is 4.58. The van der Waals surface area contributed by atoms with Crippen LogP contribution < -0.4 is 0 Å². The Hall–Kier alpha value is -0.610. The van der Waals surface area contributed by atoms with Gasteiger partial charge in [-0.25, -0.2) is 0 Å². The van der Waals surface area contributed by atoms with Crippen molar-refractivity contribution in [1.82, 2.24) is 4.90 Å². The molecule has 1 aliphatic heterocycles. The quantitative estimate of drug-likeness (QED) is 0.737. The molecule has 4 heteroatoms. The smallest absolute Gasteiger partial charge is 0.306 e. The molecule has 3 unspecified atom stereocenters. The van der Waals surface area contributed by atoms with E-state index < -0.39 is 12.1 Å². The Morgan fingerprint density at radius 1 is 1.40 bits per heavy atom. The van der Waals surface area contributed by atoms with Crippen molar-refractivity contribution in [3.63, 3.8) is 0 Å². The predicted molar refractivity (Wildman–Crippen MR) is 57.7 cm³/mol. The number of piperidine rings is 1. The van der Waals surface area contributed by atoms with Crippen molar-refractivity contribution >= 4 is 5.97 Å². The minimum atomic E-state index is -0.931. The maximum absolute atomic E-state index is 10.4. The lowest BCUT2D eigenvalue weighted by atomic mass is 9.97.